The van der Waals surface area contributed by atoms with Crippen molar-refractivity contribution in [1.82, 2.24) is 0 Å². The summed E-state index contributed by atoms with van der Waals surface area (Å²) in [6.45, 7) is 11.4. The minimum Gasteiger partial charge on any atom is -0.512 e. The van der Waals surface area contributed by atoms with Gasteiger partial charge in [0.25, 0.3) is 0 Å². The van der Waals surface area contributed by atoms with E-state index in [9.17, 15) is 0 Å². The predicted molar refractivity (Wildman–Crippen MR) is 67.8 cm³/mol. The van der Waals surface area contributed by atoms with Gasteiger partial charge in [-0.2, -0.15) is 0 Å². The summed E-state index contributed by atoms with van der Waals surface area (Å²) in [5.41, 5.74) is 0. The largest absolute Gasteiger partial charge is 0.512 e. The molecule has 2 heteroatoms. The Labute approximate surface area is 102 Å². The first-order valence-corrected chi connectivity index (χ1v) is 6.99. The van der Waals surface area contributed by atoms with E-state index in [-0.39, 0.29) is 0 Å². The normalized spacial score (nSPS) is 16.4. The van der Waals surface area contributed by atoms with Crippen LogP contribution in [-0.2, 0) is 0 Å². The van der Waals surface area contributed by atoms with E-state index in [1.54, 1.807) is 0 Å². The highest BCUT2D eigenvalue weighted by Gasteiger charge is 2.11. The molecule has 0 spiro atoms. The van der Waals surface area contributed by atoms with Gasteiger partial charge in [0.2, 0.25) is 0 Å². The zero-order chi connectivity index (χ0) is 12.1. The van der Waals surface area contributed by atoms with Gasteiger partial charge in [0.05, 0.1) is 19.6 Å². The van der Waals surface area contributed by atoms with Crippen LogP contribution in [0.4, 0.5) is 0 Å². The summed E-state index contributed by atoms with van der Waals surface area (Å²) in [4.78, 5) is 1.88. The molecule has 2 nitrogen and oxygen atoms in total. The Balaban J connectivity index is 0.00000106. The number of quaternary nitrogens is 1. The van der Waals surface area contributed by atoms with E-state index in [4.69, 9.17) is 11.8 Å². The molecule has 0 amide bonds. The van der Waals surface area contributed by atoms with Crippen molar-refractivity contribution in [3.05, 3.63) is 6.57 Å². The molecular formula is C14H28N2. The Morgan fingerprint density at radius 1 is 0.875 bits per heavy atom. The zero-order valence-corrected chi connectivity index (χ0v) is 10.9. The van der Waals surface area contributed by atoms with E-state index in [0.717, 1.165) is 0 Å². The lowest BCUT2D eigenvalue weighted by molar-refractivity contribution is -0.905. The van der Waals surface area contributed by atoms with Crippen LogP contribution in [-0.4, -0.2) is 19.6 Å². The number of likely N-dealkylation sites (tertiary alicyclic amines) is 1. The minimum atomic E-state index is 1.37. The fourth-order valence-corrected chi connectivity index (χ4v) is 2.46. The van der Waals surface area contributed by atoms with Gasteiger partial charge in [0.1, 0.15) is 0 Å². The number of rotatable bonds is 7. The first-order valence-electron chi connectivity index (χ1n) is 6.99. The van der Waals surface area contributed by atoms with E-state index in [2.05, 4.69) is 6.92 Å². The van der Waals surface area contributed by atoms with Gasteiger partial charge in [-0.3, -0.25) is 0 Å². The summed E-state index contributed by atoms with van der Waals surface area (Å²) in [6, 6.07) is 0. The summed E-state index contributed by atoms with van der Waals surface area (Å²) in [5, 5.41) is 6.25. The van der Waals surface area contributed by atoms with Crippen molar-refractivity contribution in [3.63, 3.8) is 0 Å². The van der Waals surface area contributed by atoms with Crippen LogP contribution in [0.5, 0.6) is 0 Å². The van der Waals surface area contributed by atoms with Crippen LogP contribution < -0.4 is 4.90 Å². The maximum Gasteiger partial charge on any atom is 0.0770 e. The predicted octanol–water partition coefficient (Wildman–Crippen LogP) is 2.51. The lowest BCUT2D eigenvalue weighted by Gasteiger charge is -2.23. The van der Waals surface area contributed by atoms with Crippen molar-refractivity contribution in [2.24, 2.45) is 0 Å². The van der Waals surface area contributed by atoms with Crippen LogP contribution in [0.3, 0.4) is 0 Å². The molecule has 1 N–H and O–H groups in total. The van der Waals surface area contributed by atoms with Gasteiger partial charge in [-0.15, -0.1) is 0 Å². The van der Waals surface area contributed by atoms with Crippen molar-refractivity contribution in [2.45, 2.75) is 64.7 Å². The summed E-state index contributed by atoms with van der Waals surface area (Å²) in [7, 11) is 0. The highest BCUT2D eigenvalue weighted by molar-refractivity contribution is 4.47. The average Bonchev–Trinajstić information content (AvgIpc) is 2.37. The first kappa shape index (κ1) is 15.4. The maximum atomic E-state index is 6.25. The van der Waals surface area contributed by atoms with Gasteiger partial charge >= 0.3 is 0 Å². The molecule has 1 heterocycles. The molecule has 0 atom stereocenters. The Kier molecular flexibility index (Phi) is 12.1. The molecule has 94 valence electrons. The van der Waals surface area contributed by atoms with Crippen molar-refractivity contribution >= 4 is 0 Å². The SMILES string of the molecule is CCCCCCCC[NH+]1CCCCC1.[C-]#N. The first-order chi connectivity index (χ1) is 7.93. The van der Waals surface area contributed by atoms with E-state index in [1.807, 2.05) is 4.90 Å². The number of hydrogen-bond donors (Lipinski definition) is 1. The van der Waals surface area contributed by atoms with Crippen molar-refractivity contribution < 1.29 is 4.90 Å². The van der Waals surface area contributed by atoms with Crippen LogP contribution in [0.1, 0.15) is 64.7 Å². The monoisotopic (exact) mass is 224 g/mol. The zero-order valence-electron chi connectivity index (χ0n) is 10.9. The molecule has 0 saturated carbocycles. The minimum absolute atomic E-state index is 1.37. The van der Waals surface area contributed by atoms with Crippen molar-refractivity contribution in [3.8, 4) is 0 Å². The average molecular weight is 224 g/mol. The molecule has 0 aromatic carbocycles. The van der Waals surface area contributed by atoms with Crippen LogP contribution in [0, 0.1) is 11.8 Å². The molecule has 0 aromatic heterocycles. The summed E-state index contributed by atoms with van der Waals surface area (Å²) >= 11 is 0. The number of hydrogen-bond acceptors (Lipinski definition) is 1. The molecule has 1 aliphatic rings. The molecular weight excluding hydrogens is 196 g/mol. The van der Waals surface area contributed by atoms with E-state index in [0.29, 0.717) is 0 Å². The van der Waals surface area contributed by atoms with Crippen molar-refractivity contribution in [2.75, 3.05) is 19.6 Å². The van der Waals surface area contributed by atoms with Crippen LogP contribution in [0.25, 0.3) is 0 Å². The Hall–Kier alpha value is -0.550. The lowest BCUT2D eigenvalue weighted by Crippen LogP contribution is -3.12. The fraction of sp³-hybridized carbons (Fsp3) is 0.929. The third kappa shape index (κ3) is 8.73. The molecule has 1 saturated heterocycles. The number of piperidine rings is 1. The number of nitrogens with zero attached hydrogens (tertiary/aromatic N) is 1. The van der Waals surface area contributed by atoms with Gasteiger partial charge in [-0.25, -0.2) is 0 Å². The molecule has 1 aliphatic heterocycles. The smallest absolute Gasteiger partial charge is 0.0770 e. The molecule has 0 bridgehead atoms. The molecule has 0 unspecified atom stereocenters. The molecule has 0 aromatic rings. The van der Waals surface area contributed by atoms with E-state index < -0.39 is 0 Å². The van der Waals surface area contributed by atoms with Gasteiger partial charge in [-0.1, -0.05) is 32.6 Å². The summed E-state index contributed by atoms with van der Waals surface area (Å²) in [6.07, 6.45) is 13.1. The molecule has 1 fully saturated rings. The maximum absolute atomic E-state index is 6.25. The van der Waals surface area contributed by atoms with Crippen LogP contribution in [0.15, 0.2) is 0 Å². The van der Waals surface area contributed by atoms with Gasteiger partial charge in [0.15, 0.2) is 0 Å². The quantitative estimate of drug-likeness (QED) is 0.522. The number of unbranched alkanes of at least 4 members (excludes halogenated alkanes) is 5. The highest BCUT2D eigenvalue weighted by atomic mass is 15.1. The summed E-state index contributed by atoms with van der Waals surface area (Å²) in [5.74, 6) is 0. The Morgan fingerprint density at radius 2 is 1.44 bits per heavy atom. The Morgan fingerprint density at radius 3 is 2.06 bits per heavy atom. The van der Waals surface area contributed by atoms with Crippen LogP contribution >= 0.6 is 0 Å². The number of nitrogens with one attached hydrogen (secondary N) is 1. The van der Waals surface area contributed by atoms with Crippen LogP contribution in [0.2, 0.25) is 0 Å². The molecule has 1 rings (SSSR count). The lowest BCUT2D eigenvalue weighted by atomic mass is 10.1. The Bertz CT molecular complexity index is 148. The summed E-state index contributed by atoms with van der Waals surface area (Å²) < 4.78 is 0. The second-order valence-electron chi connectivity index (χ2n) is 4.83. The third-order valence-electron chi connectivity index (χ3n) is 3.44. The molecule has 0 aliphatic carbocycles. The van der Waals surface area contributed by atoms with E-state index in [1.165, 1.54) is 77.4 Å². The van der Waals surface area contributed by atoms with Gasteiger partial charge < -0.3 is 16.7 Å². The topological polar surface area (TPSA) is 28.2 Å². The van der Waals surface area contributed by atoms with Gasteiger partial charge in [0, 0.05) is 0 Å². The second kappa shape index (κ2) is 12.5. The fourth-order valence-electron chi connectivity index (χ4n) is 2.46. The van der Waals surface area contributed by atoms with E-state index >= 15 is 0 Å². The third-order valence-corrected chi connectivity index (χ3v) is 3.44. The standard InChI is InChI=1S/C13H27N.CN/c1-2-3-4-5-6-8-11-14-12-9-7-10-13-14;1-2/h2-13H2,1H3;/q;-1/p+1. The second-order valence-corrected chi connectivity index (χ2v) is 4.83. The molecule has 16 heavy (non-hydrogen) atoms. The highest BCUT2D eigenvalue weighted by Crippen LogP contribution is 2.04. The molecule has 0 radical (unpaired) electrons. The van der Waals surface area contributed by atoms with Gasteiger partial charge in [-0.05, 0) is 32.1 Å². The van der Waals surface area contributed by atoms with Crippen molar-refractivity contribution in [1.29, 1.82) is 5.26 Å².